The quantitative estimate of drug-likeness (QED) is 0.238. The van der Waals surface area contributed by atoms with Gasteiger partial charge in [-0.05, 0) is 30.0 Å². The molecule has 0 bridgehead atoms. The van der Waals surface area contributed by atoms with Gasteiger partial charge in [-0.1, -0.05) is 26.0 Å². The highest BCUT2D eigenvalue weighted by molar-refractivity contribution is 14.0. The maximum Gasteiger partial charge on any atom is 0.337 e. The first-order valence-electron chi connectivity index (χ1n) is 9.98. The first-order chi connectivity index (χ1) is 13.5. The number of aliphatic imine (C=N–C) groups is 1. The van der Waals surface area contributed by atoms with Crippen molar-refractivity contribution in [2.75, 3.05) is 53.6 Å². The second-order valence-corrected chi connectivity index (χ2v) is 7.28. The molecule has 1 atom stereocenters. The Kier molecular flexibility index (Phi) is 12.2. The second kappa shape index (κ2) is 13.8. The van der Waals surface area contributed by atoms with Crippen LogP contribution in [0.1, 0.15) is 29.8 Å². The van der Waals surface area contributed by atoms with Crippen LogP contribution in [0.5, 0.6) is 0 Å². The van der Waals surface area contributed by atoms with Crippen LogP contribution >= 0.6 is 24.0 Å². The predicted octanol–water partition coefficient (Wildman–Crippen LogP) is 2.16. The number of ether oxygens (including phenoxy) is 2. The molecule has 0 spiro atoms. The van der Waals surface area contributed by atoms with Crippen molar-refractivity contribution in [2.45, 2.75) is 26.3 Å². The molecule has 164 valence electrons. The van der Waals surface area contributed by atoms with E-state index in [1.165, 1.54) is 7.11 Å². The Morgan fingerprint density at radius 2 is 1.86 bits per heavy atom. The number of carbonyl (C=O) groups is 1. The van der Waals surface area contributed by atoms with Gasteiger partial charge in [-0.15, -0.1) is 24.0 Å². The fourth-order valence-corrected chi connectivity index (χ4v) is 3.37. The number of nitrogens with one attached hydrogen (secondary N) is 2. The first-order valence-corrected chi connectivity index (χ1v) is 9.98. The van der Waals surface area contributed by atoms with Crippen molar-refractivity contribution in [2.24, 2.45) is 10.9 Å². The van der Waals surface area contributed by atoms with Crippen LogP contribution < -0.4 is 10.6 Å². The third kappa shape index (κ3) is 8.47. The Hall–Kier alpha value is -1.39. The lowest BCUT2D eigenvalue weighted by Gasteiger charge is -2.37. The molecule has 1 aliphatic heterocycles. The lowest BCUT2D eigenvalue weighted by atomic mass is 10.0. The highest BCUT2D eigenvalue weighted by Gasteiger charge is 2.23. The molecule has 1 fully saturated rings. The maximum atomic E-state index is 11.5. The van der Waals surface area contributed by atoms with E-state index in [1.807, 2.05) is 12.1 Å². The fourth-order valence-electron chi connectivity index (χ4n) is 3.37. The van der Waals surface area contributed by atoms with Gasteiger partial charge in [0, 0.05) is 39.3 Å². The molecule has 1 unspecified atom stereocenters. The normalized spacial score (nSPS) is 16.1. The number of guanidine groups is 1. The van der Waals surface area contributed by atoms with Crippen LogP contribution in [-0.2, 0) is 15.9 Å². The number of morpholine rings is 1. The molecule has 2 N–H and O–H groups in total. The zero-order valence-corrected chi connectivity index (χ0v) is 20.3. The van der Waals surface area contributed by atoms with Crippen LogP contribution in [0.2, 0.25) is 0 Å². The van der Waals surface area contributed by atoms with Gasteiger partial charge in [0.15, 0.2) is 5.96 Å². The Labute approximate surface area is 191 Å². The Morgan fingerprint density at radius 1 is 1.21 bits per heavy atom. The Balaban J connectivity index is 0.00000420. The Bertz CT molecular complexity index is 631. The lowest BCUT2D eigenvalue weighted by molar-refractivity contribution is 0.00752. The summed E-state index contributed by atoms with van der Waals surface area (Å²) >= 11 is 0. The molecule has 0 amide bonds. The summed E-state index contributed by atoms with van der Waals surface area (Å²) < 4.78 is 10.2. The molecule has 0 radical (unpaired) electrons. The molecule has 1 heterocycles. The number of carbonyl (C=O) groups excluding carboxylic acids is 1. The molecule has 1 aliphatic rings. The van der Waals surface area contributed by atoms with Gasteiger partial charge in [0.25, 0.3) is 0 Å². The topological polar surface area (TPSA) is 75.2 Å². The standard InChI is InChI=1S/C21H34N4O3.HI/c1-16(2)19(25-11-13-28-14-12-25)15-24-21(22-3)23-10-9-17-5-7-18(8-6-17)20(26)27-4;/h5-8,16,19H,9-15H2,1-4H3,(H2,22,23,24);1H. The van der Waals surface area contributed by atoms with Crippen molar-refractivity contribution >= 4 is 35.9 Å². The van der Waals surface area contributed by atoms with E-state index in [9.17, 15) is 4.79 Å². The summed E-state index contributed by atoms with van der Waals surface area (Å²) in [5, 5.41) is 6.83. The number of esters is 1. The van der Waals surface area contributed by atoms with E-state index >= 15 is 0 Å². The summed E-state index contributed by atoms with van der Waals surface area (Å²) in [5.74, 6) is 1.05. The average molecular weight is 518 g/mol. The zero-order valence-electron chi connectivity index (χ0n) is 17.9. The van der Waals surface area contributed by atoms with Crippen LogP contribution in [0.15, 0.2) is 29.3 Å². The number of methoxy groups -OCH3 is 1. The van der Waals surface area contributed by atoms with Gasteiger partial charge in [0.1, 0.15) is 0 Å². The molecule has 1 aromatic carbocycles. The molecule has 2 rings (SSSR count). The van der Waals surface area contributed by atoms with E-state index in [2.05, 4.69) is 34.4 Å². The van der Waals surface area contributed by atoms with Crippen molar-refractivity contribution in [1.29, 1.82) is 0 Å². The molecule has 8 heteroatoms. The van der Waals surface area contributed by atoms with Crippen molar-refractivity contribution in [3.63, 3.8) is 0 Å². The minimum atomic E-state index is -0.311. The average Bonchev–Trinajstić information content (AvgIpc) is 2.73. The SMILES string of the molecule is CN=C(NCCc1ccc(C(=O)OC)cc1)NCC(C(C)C)N1CCOCC1.I. The minimum absolute atomic E-state index is 0. The summed E-state index contributed by atoms with van der Waals surface area (Å²) in [7, 11) is 3.18. The number of halogens is 1. The van der Waals surface area contributed by atoms with Gasteiger partial charge in [0.05, 0.1) is 25.9 Å². The molecule has 1 saturated heterocycles. The third-order valence-corrected chi connectivity index (χ3v) is 5.07. The van der Waals surface area contributed by atoms with Gasteiger partial charge in [0.2, 0.25) is 0 Å². The number of hydrogen-bond donors (Lipinski definition) is 2. The maximum absolute atomic E-state index is 11.5. The summed E-state index contributed by atoms with van der Waals surface area (Å²) in [6, 6.07) is 7.95. The van der Waals surface area contributed by atoms with E-state index < -0.39 is 0 Å². The number of benzene rings is 1. The van der Waals surface area contributed by atoms with Crippen molar-refractivity contribution < 1.29 is 14.3 Å². The molecule has 0 aliphatic carbocycles. The smallest absolute Gasteiger partial charge is 0.337 e. The highest BCUT2D eigenvalue weighted by Crippen LogP contribution is 2.12. The van der Waals surface area contributed by atoms with Crippen LogP contribution in [0.3, 0.4) is 0 Å². The summed E-state index contributed by atoms with van der Waals surface area (Å²) in [6.45, 7) is 9.73. The van der Waals surface area contributed by atoms with Crippen LogP contribution in [0.25, 0.3) is 0 Å². The van der Waals surface area contributed by atoms with Gasteiger partial charge >= 0.3 is 5.97 Å². The predicted molar refractivity (Wildman–Crippen MR) is 127 cm³/mol. The summed E-state index contributed by atoms with van der Waals surface area (Å²) in [5.41, 5.74) is 1.73. The number of nitrogens with zero attached hydrogens (tertiary/aromatic N) is 2. The van der Waals surface area contributed by atoms with E-state index in [4.69, 9.17) is 9.47 Å². The summed E-state index contributed by atoms with van der Waals surface area (Å²) in [4.78, 5) is 18.3. The van der Waals surface area contributed by atoms with E-state index in [0.29, 0.717) is 17.5 Å². The van der Waals surface area contributed by atoms with Gasteiger partial charge in [-0.3, -0.25) is 9.89 Å². The molecule has 29 heavy (non-hydrogen) atoms. The van der Waals surface area contributed by atoms with E-state index in [-0.39, 0.29) is 29.9 Å². The van der Waals surface area contributed by atoms with Crippen LogP contribution in [0.4, 0.5) is 0 Å². The molecule has 0 aromatic heterocycles. The van der Waals surface area contributed by atoms with E-state index in [0.717, 1.165) is 57.3 Å². The van der Waals surface area contributed by atoms with Crippen LogP contribution in [-0.4, -0.2) is 76.4 Å². The minimum Gasteiger partial charge on any atom is -0.465 e. The zero-order chi connectivity index (χ0) is 20.4. The van der Waals surface area contributed by atoms with Crippen molar-refractivity contribution in [3.05, 3.63) is 35.4 Å². The molecule has 1 aromatic rings. The fraction of sp³-hybridized carbons (Fsp3) is 0.619. The van der Waals surface area contributed by atoms with Gasteiger partial charge in [-0.25, -0.2) is 4.79 Å². The molecule has 7 nitrogen and oxygen atoms in total. The Morgan fingerprint density at radius 3 is 2.41 bits per heavy atom. The lowest BCUT2D eigenvalue weighted by Crippen LogP contribution is -2.52. The molecule has 0 saturated carbocycles. The van der Waals surface area contributed by atoms with Gasteiger partial charge < -0.3 is 20.1 Å². The third-order valence-electron chi connectivity index (χ3n) is 5.07. The van der Waals surface area contributed by atoms with Crippen molar-refractivity contribution in [3.8, 4) is 0 Å². The highest BCUT2D eigenvalue weighted by atomic mass is 127. The largest absolute Gasteiger partial charge is 0.465 e. The van der Waals surface area contributed by atoms with Crippen molar-refractivity contribution in [1.82, 2.24) is 15.5 Å². The second-order valence-electron chi connectivity index (χ2n) is 7.28. The monoisotopic (exact) mass is 518 g/mol. The van der Waals surface area contributed by atoms with E-state index in [1.54, 1.807) is 19.2 Å². The van der Waals surface area contributed by atoms with Crippen LogP contribution in [0, 0.1) is 5.92 Å². The first kappa shape index (κ1) is 25.6. The summed E-state index contributed by atoms with van der Waals surface area (Å²) in [6.07, 6.45) is 0.846. The van der Waals surface area contributed by atoms with Gasteiger partial charge in [-0.2, -0.15) is 0 Å². The molecular formula is C21H35IN4O3. The number of rotatable bonds is 8. The molecular weight excluding hydrogens is 483 g/mol. The number of hydrogen-bond acceptors (Lipinski definition) is 5.